The van der Waals surface area contributed by atoms with Gasteiger partial charge in [-0.25, -0.2) is 0 Å². The van der Waals surface area contributed by atoms with Crippen LogP contribution in [0.15, 0.2) is 24.3 Å². The Morgan fingerprint density at radius 2 is 1.89 bits per heavy atom. The van der Waals surface area contributed by atoms with Gasteiger partial charge in [0, 0.05) is 0 Å². The maximum absolute atomic E-state index is 12.0. The second-order valence-corrected chi connectivity index (χ2v) is 4.48. The number of anilines is 1. The summed E-state index contributed by atoms with van der Waals surface area (Å²) >= 11 is 0. The molecule has 0 fully saturated rings. The predicted octanol–water partition coefficient (Wildman–Crippen LogP) is 2.62. The van der Waals surface area contributed by atoms with Crippen LogP contribution >= 0.6 is 0 Å². The highest BCUT2D eigenvalue weighted by Crippen LogP contribution is 2.13. The molecule has 0 spiro atoms. The first kappa shape index (κ1) is 15.2. The average molecular weight is 259 g/mol. The van der Waals surface area contributed by atoms with Crippen LogP contribution in [0, 0.1) is 11.3 Å². The van der Waals surface area contributed by atoms with E-state index < -0.39 is 0 Å². The van der Waals surface area contributed by atoms with Crippen LogP contribution in [0.25, 0.3) is 0 Å². The van der Waals surface area contributed by atoms with Crippen molar-refractivity contribution >= 4 is 11.6 Å². The number of benzene rings is 1. The van der Waals surface area contributed by atoms with E-state index in [4.69, 9.17) is 5.26 Å². The van der Waals surface area contributed by atoms with E-state index in [2.05, 4.69) is 30.1 Å². The molecule has 0 radical (unpaired) electrons. The van der Waals surface area contributed by atoms with Gasteiger partial charge in [0.05, 0.1) is 17.8 Å². The number of nitrogens with one attached hydrogen (secondary N) is 1. The van der Waals surface area contributed by atoms with E-state index in [1.165, 1.54) is 0 Å². The normalized spacial score (nSPS) is 10.2. The molecular weight excluding hydrogens is 238 g/mol. The van der Waals surface area contributed by atoms with Gasteiger partial charge < -0.3 is 5.32 Å². The number of nitriles is 1. The monoisotopic (exact) mass is 259 g/mol. The van der Waals surface area contributed by atoms with E-state index in [9.17, 15) is 4.79 Å². The van der Waals surface area contributed by atoms with Crippen molar-refractivity contribution in [2.45, 2.75) is 26.7 Å². The number of para-hydroxylation sites is 1. The highest BCUT2D eigenvalue weighted by atomic mass is 16.2. The molecule has 0 aliphatic carbocycles. The Labute approximate surface area is 115 Å². The third-order valence-electron chi connectivity index (χ3n) is 2.77. The van der Waals surface area contributed by atoms with Crippen molar-refractivity contribution < 1.29 is 4.79 Å². The zero-order chi connectivity index (χ0) is 14.1. The highest BCUT2D eigenvalue weighted by Gasteiger charge is 2.10. The summed E-state index contributed by atoms with van der Waals surface area (Å²) in [5.41, 5.74) is 1.08. The lowest BCUT2D eigenvalue weighted by molar-refractivity contribution is -0.117. The van der Waals surface area contributed by atoms with E-state index in [0.717, 1.165) is 25.9 Å². The lowest BCUT2D eigenvalue weighted by Gasteiger charge is -2.20. The number of nitrogens with zero attached hydrogens (tertiary/aromatic N) is 2. The van der Waals surface area contributed by atoms with Crippen LogP contribution in [0.2, 0.25) is 0 Å². The Kier molecular flexibility index (Phi) is 6.62. The van der Waals surface area contributed by atoms with Gasteiger partial charge in [-0.3, -0.25) is 9.69 Å². The highest BCUT2D eigenvalue weighted by molar-refractivity contribution is 5.93. The SMILES string of the molecule is CCCN(CCC)CC(=O)Nc1ccccc1C#N. The molecule has 0 saturated carbocycles. The molecule has 19 heavy (non-hydrogen) atoms. The molecular formula is C15H21N3O. The number of hydrogen-bond acceptors (Lipinski definition) is 3. The number of amides is 1. The van der Waals surface area contributed by atoms with Crippen molar-refractivity contribution in [1.29, 1.82) is 5.26 Å². The molecule has 1 amide bonds. The molecule has 0 heterocycles. The quantitative estimate of drug-likeness (QED) is 0.819. The third kappa shape index (κ3) is 5.11. The van der Waals surface area contributed by atoms with Crippen LogP contribution in [0.4, 0.5) is 5.69 Å². The van der Waals surface area contributed by atoms with Crippen molar-refractivity contribution in [3.05, 3.63) is 29.8 Å². The van der Waals surface area contributed by atoms with Crippen molar-refractivity contribution in [3.8, 4) is 6.07 Å². The van der Waals surface area contributed by atoms with Crippen molar-refractivity contribution in [3.63, 3.8) is 0 Å². The topological polar surface area (TPSA) is 56.1 Å². The molecule has 0 aromatic heterocycles. The maximum atomic E-state index is 12.0. The van der Waals surface area contributed by atoms with Crippen molar-refractivity contribution in [2.24, 2.45) is 0 Å². The summed E-state index contributed by atoms with van der Waals surface area (Å²) in [6.07, 6.45) is 2.06. The molecule has 0 unspecified atom stereocenters. The average Bonchev–Trinajstić information content (AvgIpc) is 2.40. The Bertz CT molecular complexity index is 445. The van der Waals surface area contributed by atoms with E-state index in [0.29, 0.717) is 17.8 Å². The van der Waals surface area contributed by atoms with Crippen molar-refractivity contribution in [2.75, 3.05) is 25.0 Å². The second kappa shape index (κ2) is 8.28. The minimum absolute atomic E-state index is 0.0652. The van der Waals surface area contributed by atoms with Gasteiger partial charge in [0.25, 0.3) is 0 Å². The molecule has 1 aromatic carbocycles. The van der Waals surface area contributed by atoms with Gasteiger partial charge in [-0.2, -0.15) is 5.26 Å². The first-order valence-corrected chi connectivity index (χ1v) is 6.72. The fourth-order valence-electron chi connectivity index (χ4n) is 1.98. The van der Waals surface area contributed by atoms with Crippen molar-refractivity contribution in [1.82, 2.24) is 4.90 Å². The second-order valence-electron chi connectivity index (χ2n) is 4.48. The number of hydrogen-bond donors (Lipinski definition) is 1. The summed E-state index contributed by atoms with van der Waals surface area (Å²) in [5, 5.41) is 11.8. The van der Waals surface area contributed by atoms with Crippen LogP contribution in [-0.2, 0) is 4.79 Å². The van der Waals surface area contributed by atoms with Gasteiger partial charge in [-0.1, -0.05) is 26.0 Å². The number of rotatable bonds is 7. The first-order valence-electron chi connectivity index (χ1n) is 6.72. The van der Waals surface area contributed by atoms with Crippen LogP contribution in [0.1, 0.15) is 32.3 Å². The summed E-state index contributed by atoms with van der Waals surface area (Å²) in [6.45, 7) is 6.42. The minimum atomic E-state index is -0.0652. The zero-order valence-electron chi connectivity index (χ0n) is 11.6. The Balaban J connectivity index is 2.61. The summed E-state index contributed by atoms with van der Waals surface area (Å²) in [7, 11) is 0. The van der Waals surface area contributed by atoms with Gasteiger partial charge >= 0.3 is 0 Å². The summed E-state index contributed by atoms with van der Waals surface area (Å²) in [5.74, 6) is -0.0652. The van der Waals surface area contributed by atoms with Gasteiger partial charge in [-0.05, 0) is 38.1 Å². The lowest BCUT2D eigenvalue weighted by atomic mass is 10.2. The molecule has 4 nitrogen and oxygen atoms in total. The van der Waals surface area contributed by atoms with Crippen LogP contribution in [-0.4, -0.2) is 30.4 Å². The van der Waals surface area contributed by atoms with E-state index in [1.807, 2.05) is 6.07 Å². The first-order chi connectivity index (χ1) is 9.21. The third-order valence-corrected chi connectivity index (χ3v) is 2.77. The summed E-state index contributed by atoms with van der Waals surface area (Å²) in [4.78, 5) is 14.1. The minimum Gasteiger partial charge on any atom is -0.324 e. The maximum Gasteiger partial charge on any atom is 0.238 e. The Morgan fingerprint density at radius 1 is 1.26 bits per heavy atom. The molecule has 1 aromatic rings. The molecule has 102 valence electrons. The molecule has 4 heteroatoms. The van der Waals surface area contributed by atoms with Gasteiger partial charge in [0.1, 0.15) is 6.07 Å². The standard InChI is InChI=1S/C15H21N3O/c1-3-9-18(10-4-2)12-15(19)17-14-8-6-5-7-13(14)11-16/h5-8H,3-4,9-10,12H2,1-2H3,(H,17,19). The van der Waals surface area contributed by atoms with E-state index >= 15 is 0 Å². The molecule has 0 aliphatic heterocycles. The molecule has 1 rings (SSSR count). The van der Waals surface area contributed by atoms with Crippen LogP contribution in [0.3, 0.4) is 0 Å². The molecule has 0 saturated heterocycles. The Hall–Kier alpha value is -1.86. The van der Waals surface area contributed by atoms with Gasteiger partial charge in [0.2, 0.25) is 5.91 Å². The number of carbonyl (C=O) groups excluding carboxylic acids is 1. The molecule has 1 N–H and O–H groups in total. The molecule has 0 aliphatic rings. The van der Waals surface area contributed by atoms with Crippen LogP contribution < -0.4 is 5.32 Å². The fourth-order valence-corrected chi connectivity index (χ4v) is 1.98. The Morgan fingerprint density at radius 3 is 2.47 bits per heavy atom. The van der Waals surface area contributed by atoms with Gasteiger partial charge in [-0.15, -0.1) is 0 Å². The molecule has 0 bridgehead atoms. The predicted molar refractivity (Wildman–Crippen MR) is 76.8 cm³/mol. The summed E-state index contributed by atoms with van der Waals surface area (Å²) in [6, 6.07) is 9.12. The summed E-state index contributed by atoms with van der Waals surface area (Å²) < 4.78 is 0. The number of carbonyl (C=O) groups is 1. The molecule has 0 atom stereocenters. The zero-order valence-corrected chi connectivity index (χ0v) is 11.6. The fraction of sp³-hybridized carbons (Fsp3) is 0.467. The smallest absolute Gasteiger partial charge is 0.238 e. The van der Waals surface area contributed by atoms with E-state index in [-0.39, 0.29) is 5.91 Å². The van der Waals surface area contributed by atoms with E-state index in [1.54, 1.807) is 18.2 Å². The van der Waals surface area contributed by atoms with Gasteiger partial charge in [0.15, 0.2) is 0 Å². The van der Waals surface area contributed by atoms with Crippen LogP contribution in [0.5, 0.6) is 0 Å². The largest absolute Gasteiger partial charge is 0.324 e. The lowest BCUT2D eigenvalue weighted by Crippen LogP contribution is -2.34.